The molecule has 0 radical (unpaired) electrons. The van der Waals surface area contributed by atoms with E-state index in [1.807, 2.05) is 0 Å². The zero-order valence-corrected chi connectivity index (χ0v) is 9.33. The molecule has 1 aromatic heterocycles. The molecule has 1 atom stereocenters. The predicted octanol–water partition coefficient (Wildman–Crippen LogP) is 0.112. The lowest BCUT2D eigenvalue weighted by Gasteiger charge is -2.12. The maximum Gasteiger partial charge on any atom is 0.308 e. The van der Waals surface area contributed by atoms with Crippen molar-refractivity contribution in [3.63, 3.8) is 0 Å². The summed E-state index contributed by atoms with van der Waals surface area (Å²) in [6.45, 7) is -0.0515. The fourth-order valence-corrected chi connectivity index (χ4v) is 1.36. The van der Waals surface area contributed by atoms with E-state index in [0.717, 1.165) is 0 Å². The third-order valence-electron chi connectivity index (χ3n) is 2.31. The molecule has 1 unspecified atom stereocenters. The van der Waals surface area contributed by atoms with Crippen molar-refractivity contribution in [3.05, 3.63) is 34.7 Å². The van der Waals surface area contributed by atoms with Gasteiger partial charge < -0.3 is 14.4 Å². The van der Waals surface area contributed by atoms with Gasteiger partial charge in [-0.25, -0.2) is 0 Å². The highest BCUT2D eigenvalue weighted by Crippen LogP contribution is 2.07. The van der Waals surface area contributed by atoms with Crippen LogP contribution in [0.5, 0.6) is 0 Å². The number of esters is 1. The molecule has 1 N–H and O–H groups in total. The third-order valence-corrected chi connectivity index (χ3v) is 2.31. The van der Waals surface area contributed by atoms with Gasteiger partial charge in [0.1, 0.15) is 0 Å². The van der Waals surface area contributed by atoms with Gasteiger partial charge >= 0.3 is 11.9 Å². The molecule has 92 valence electrons. The summed E-state index contributed by atoms with van der Waals surface area (Å²) in [5, 5.41) is 8.95. The summed E-state index contributed by atoms with van der Waals surface area (Å²) in [4.78, 5) is 33.4. The second kappa shape index (κ2) is 5.83. The Kier molecular flexibility index (Phi) is 4.45. The van der Waals surface area contributed by atoms with Crippen LogP contribution in [0.1, 0.15) is 6.42 Å². The topological polar surface area (TPSA) is 85.6 Å². The molecule has 0 spiro atoms. The summed E-state index contributed by atoms with van der Waals surface area (Å²) in [5.74, 6) is -2.71. The monoisotopic (exact) mass is 239 g/mol. The fraction of sp³-hybridized carbons (Fsp3) is 0.364. The summed E-state index contributed by atoms with van der Waals surface area (Å²) < 4.78 is 5.66. The molecule has 0 aromatic carbocycles. The molecule has 1 rings (SSSR count). The maximum atomic E-state index is 11.4. The Balaban J connectivity index is 2.81. The first-order valence-corrected chi connectivity index (χ1v) is 4.99. The summed E-state index contributed by atoms with van der Waals surface area (Å²) in [6.07, 6.45) is 1.22. The number of hydrogen-bond acceptors (Lipinski definition) is 4. The van der Waals surface area contributed by atoms with Gasteiger partial charge in [-0.15, -0.1) is 0 Å². The molecule has 6 heteroatoms. The van der Waals surface area contributed by atoms with E-state index < -0.39 is 17.9 Å². The van der Waals surface area contributed by atoms with E-state index in [4.69, 9.17) is 5.11 Å². The number of carbonyl (C=O) groups excluding carboxylic acids is 1. The third kappa shape index (κ3) is 3.75. The van der Waals surface area contributed by atoms with Crippen LogP contribution in [0.15, 0.2) is 29.2 Å². The molecule has 0 bridgehead atoms. The van der Waals surface area contributed by atoms with Gasteiger partial charge in [0.05, 0.1) is 19.4 Å². The molecule has 0 fully saturated rings. The molecule has 0 aliphatic rings. The van der Waals surface area contributed by atoms with Crippen LogP contribution in [-0.4, -0.2) is 28.7 Å². The van der Waals surface area contributed by atoms with Gasteiger partial charge in [0.15, 0.2) is 0 Å². The summed E-state index contributed by atoms with van der Waals surface area (Å²) >= 11 is 0. The van der Waals surface area contributed by atoms with Crippen molar-refractivity contribution >= 4 is 11.9 Å². The number of carboxylic acid groups (broad SMARTS) is 1. The predicted molar refractivity (Wildman–Crippen MR) is 58.5 cm³/mol. The molecular weight excluding hydrogens is 226 g/mol. The number of carboxylic acids is 1. The number of carbonyl (C=O) groups is 2. The van der Waals surface area contributed by atoms with Crippen molar-refractivity contribution in [2.24, 2.45) is 5.92 Å². The number of aromatic nitrogens is 1. The Morgan fingerprint density at radius 1 is 1.47 bits per heavy atom. The Labute approximate surface area is 97.4 Å². The number of ether oxygens (including phenoxy) is 1. The zero-order valence-electron chi connectivity index (χ0n) is 9.33. The summed E-state index contributed by atoms with van der Waals surface area (Å²) in [6, 6.07) is 4.52. The van der Waals surface area contributed by atoms with E-state index >= 15 is 0 Å². The van der Waals surface area contributed by atoms with Crippen LogP contribution in [0.2, 0.25) is 0 Å². The molecule has 17 heavy (non-hydrogen) atoms. The number of pyridine rings is 1. The van der Waals surface area contributed by atoms with E-state index in [1.54, 1.807) is 12.1 Å². The molecule has 1 heterocycles. The number of nitrogens with zero attached hydrogens (tertiary/aromatic N) is 1. The second-order valence-electron chi connectivity index (χ2n) is 3.51. The standard InChI is InChI=1S/C11H13NO5/c1-17-10(14)6-8(11(15)16)7-12-5-3-2-4-9(12)13/h2-5,8H,6-7H2,1H3,(H,15,16). The molecular formula is C11H13NO5. The van der Waals surface area contributed by atoms with Crippen molar-refractivity contribution < 1.29 is 19.4 Å². The van der Waals surface area contributed by atoms with Gasteiger partial charge in [0.25, 0.3) is 5.56 Å². The molecule has 1 aromatic rings. The smallest absolute Gasteiger partial charge is 0.308 e. The van der Waals surface area contributed by atoms with Crippen molar-refractivity contribution in [2.45, 2.75) is 13.0 Å². The Morgan fingerprint density at radius 3 is 2.71 bits per heavy atom. The van der Waals surface area contributed by atoms with Crippen LogP contribution in [0.4, 0.5) is 0 Å². The SMILES string of the molecule is COC(=O)CC(Cn1ccccc1=O)C(=O)O. The minimum absolute atomic E-state index is 0.0515. The molecule has 0 saturated carbocycles. The Bertz CT molecular complexity index is 465. The van der Waals surface area contributed by atoms with E-state index in [1.165, 1.54) is 23.9 Å². The van der Waals surface area contributed by atoms with Crippen LogP contribution < -0.4 is 5.56 Å². The lowest BCUT2D eigenvalue weighted by Crippen LogP contribution is -2.28. The highest BCUT2D eigenvalue weighted by atomic mass is 16.5. The Hall–Kier alpha value is -2.11. The first-order chi connectivity index (χ1) is 8.04. The number of rotatable bonds is 5. The zero-order chi connectivity index (χ0) is 12.8. The summed E-state index contributed by atoms with van der Waals surface area (Å²) in [5.41, 5.74) is -0.302. The van der Waals surface area contributed by atoms with Gasteiger partial charge in [-0.3, -0.25) is 14.4 Å². The highest BCUT2D eigenvalue weighted by Gasteiger charge is 2.22. The fourth-order valence-electron chi connectivity index (χ4n) is 1.36. The molecule has 0 saturated heterocycles. The van der Waals surface area contributed by atoms with Crippen molar-refractivity contribution in [1.29, 1.82) is 0 Å². The second-order valence-corrected chi connectivity index (χ2v) is 3.51. The first kappa shape index (κ1) is 13.0. The van der Waals surface area contributed by atoms with E-state index in [2.05, 4.69) is 4.74 Å². The normalized spacial score (nSPS) is 11.8. The minimum atomic E-state index is -1.13. The number of aliphatic carboxylic acids is 1. The quantitative estimate of drug-likeness (QED) is 0.737. The van der Waals surface area contributed by atoms with E-state index in [-0.39, 0.29) is 18.5 Å². The van der Waals surface area contributed by atoms with Crippen molar-refractivity contribution in [1.82, 2.24) is 4.57 Å². The van der Waals surface area contributed by atoms with Crippen molar-refractivity contribution in [3.8, 4) is 0 Å². The van der Waals surface area contributed by atoms with Gasteiger partial charge in [-0.1, -0.05) is 6.07 Å². The summed E-state index contributed by atoms with van der Waals surface area (Å²) in [7, 11) is 1.19. The van der Waals surface area contributed by atoms with Gasteiger partial charge in [-0.2, -0.15) is 0 Å². The highest BCUT2D eigenvalue weighted by molar-refractivity contribution is 5.78. The van der Waals surface area contributed by atoms with Crippen molar-refractivity contribution in [2.75, 3.05) is 7.11 Å². The lowest BCUT2D eigenvalue weighted by atomic mass is 10.1. The molecule has 0 amide bonds. The molecule has 0 aliphatic heterocycles. The van der Waals surface area contributed by atoms with E-state index in [9.17, 15) is 14.4 Å². The molecule has 0 aliphatic carbocycles. The van der Waals surface area contributed by atoms with Gasteiger partial charge in [0.2, 0.25) is 0 Å². The first-order valence-electron chi connectivity index (χ1n) is 4.99. The van der Waals surface area contributed by atoms with E-state index in [0.29, 0.717) is 0 Å². The average Bonchev–Trinajstić information content (AvgIpc) is 2.30. The maximum absolute atomic E-state index is 11.4. The Morgan fingerprint density at radius 2 is 2.18 bits per heavy atom. The van der Waals surface area contributed by atoms with Crippen LogP contribution in [0.25, 0.3) is 0 Å². The lowest BCUT2D eigenvalue weighted by molar-refractivity contribution is -0.150. The van der Waals surface area contributed by atoms with Gasteiger partial charge in [-0.05, 0) is 6.07 Å². The largest absolute Gasteiger partial charge is 0.481 e. The van der Waals surface area contributed by atoms with Crippen LogP contribution in [0.3, 0.4) is 0 Å². The average molecular weight is 239 g/mol. The minimum Gasteiger partial charge on any atom is -0.481 e. The van der Waals surface area contributed by atoms with Crippen LogP contribution in [-0.2, 0) is 20.9 Å². The van der Waals surface area contributed by atoms with Crippen LogP contribution >= 0.6 is 0 Å². The van der Waals surface area contributed by atoms with Gasteiger partial charge in [0, 0.05) is 18.8 Å². The number of methoxy groups -OCH3 is 1. The molecule has 6 nitrogen and oxygen atoms in total. The van der Waals surface area contributed by atoms with Crippen LogP contribution in [0, 0.1) is 5.92 Å². The number of hydrogen-bond donors (Lipinski definition) is 1.